The average Bonchev–Trinajstić information content (AvgIpc) is 3.16. The van der Waals surface area contributed by atoms with Crippen LogP contribution in [0.25, 0.3) is 0 Å². The van der Waals surface area contributed by atoms with Crippen molar-refractivity contribution in [3.05, 3.63) is 107 Å². The number of amides is 2. The van der Waals surface area contributed by atoms with Crippen LogP contribution in [0, 0.1) is 5.82 Å². The summed E-state index contributed by atoms with van der Waals surface area (Å²) in [4.78, 5) is 26.6. The van der Waals surface area contributed by atoms with Crippen molar-refractivity contribution in [3.8, 4) is 0 Å². The summed E-state index contributed by atoms with van der Waals surface area (Å²) in [5.41, 5.74) is 5.16. The van der Waals surface area contributed by atoms with Crippen molar-refractivity contribution >= 4 is 29.8 Å². The van der Waals surface area contributed by atoms with Gasteiger partial charge in [0, 0.05) is 17.7 Å². The van der Waals surface area contributed by atoms with Crippen molar-refractivity contribution in [2.24, 2.45) is 5.10 Å². The van der Waals surface area contributed by atoms with Crippen LogP contribution in [0.3, 0.4) is 0 Å². The summed E-state index contributed by atoms with van der Waals surface area (Å²) in [5.74, 6) is -0.267. The van der Waals surface area contributed by atoms with E-state index >= 15 is 0 Å². The van der Waals surface area contributed by atoms with Gasteiger partial charge in [0.25, 0.3) is 5.91 Å². The molecule has 0 saturated carbocycles. The van der Waals surface area contributed by atoms with Crippen LogP contribution in [0.4, 0.5) is 4.39 Å². The summed E-state index contributed by atoms with van der Waals surface area (Å²) in [6, 6.07) is 23.2. The van der Waals surface area contributed by atoms with Crippen LogP contribution in [-0.2, 0) is 11.3 Å². The van der Waals surface area contributed by atoms with Gasteiger partial charge in [-0.15, -0.1) is 11.8 Å². The Hall–Kier alpha value is -3.45. The molecular formula is C24H20FN3O2S. The van der Waals surface area contributed by atoms with Crippen molar-refractivity contribution in [2.75, 3.05) is 5.75 Å². The van der Waals surface area contributed by atoms with Gasteiger partial charge in [-0.25, -0.2) is 9.82 Å². The van der Waals surface area contributed by atoms with E-state index in [1.165, 1.54) is 12.3 Å². The van der Waals surface area contributed by atoms with E-state index in [4.69, 9.17) is 0 Å². The highest BCUT2D eigenvalue weighted by Gasteiger charge is 2.32. The molecule has 3 aromatic rings. The van der Waals surface area contributed by atoms with Gasteiger partial charge in [-0.2, -0.15) is 5.10 Å². The Balaban J connectivity index is 1.41. The first kappa shape index (κ1) is 20.8. The molecule has 0 aliphatic carbocycles. The smallest absolute Gasteiger partial charge is 0.271 e. The molecule has 1 atom stereocenters. The summed E-state index contributed by atoms with van der Waals surface area (Å²) < 4.78 is 13.6. The molecule has 156 valence electrons. The molecule has 0 aromatic heterocycles. The fourth-order valence-corrected chi connectivity index (χ4v) is 4.47. The standard InChI is InChI=1S/C24H20FN3O2S/c25-21-9-5-4-8-20(21)14-26-27-23(30)18-10-12-19(13-11-18)24-28(22(29)16-31-24)15-17-6-2-1-3-7-17/h1-14,24H,15-16H2,(H,27,30)/b26-14-/t24-/m1/s1. The number of carbonyl (C=O) groups excluding carboxylic acids is 2. The summed E-state index contributed by atoms with van der Waals surface area (Å²) in [7, 11) is 0. The van der Waals surface area contributed by atoms with E-state index in [2.05, 4.69) is 10.5 Å². The van der Waals surface area contributed by atoms with Crippen LogP contribution in [0.15, 0.2) is 84.0 Å². The fourth-order valence-electron chi connectivity index (χ4n) is 3.29. The molecular weight excluding hydrogens is 413 g/mol. The third-order valence-electron chi connectivity index (χ3n) is 4.90. The lowest BCUT2D eigenvalue weighted by atomic mass is 10.1. The van der Waals surface area contributed by atoms with Crippen molar-refractivity contribution < 1.29 is 14.0 Å². The van der Waals surface area contributed by atoms with Gasteiger partial charge >= 0.3 is 0 Å². The second-order valence-corrected chi connectivity index (χ2v) is 8.08. The highest BCUT2D eigenvalue weighted by atomic mass is 32.2. The number of rotatable bonds is 6. The van der Waals surface area contributed by atoms with Crippen LogP contribution in [0.1, 0.15) is 32.4 Å². The average molecular weight is 434 g/mol. The van der Waals surface area contributed by atoms with E-state index in [0.717, 1.165) is 11.1 Å². The molecule has 0 spiro atoms. The van der Waals surface area contributed by atoms with E-state index in [9.17, 15) is 14.0 Å². The third-order valence-corrected chi connectivity index (χ3v) is 6.15. The molecule has 3 aromatic carbocycles. The quantitative estimate of drug-likeness (QED) is 0.464. The summed E-state index contributed by atoms with van der Waals surface area (Å²) >= 11 is 1.57. The number of hydrogen-bond acceptors (Lipinski definition) is 4. The van der Waals surface area contributed by atoms with Crippen molar-refractivity contribution in [2.45, 2.75) is 11.9 Å². The normalized spacial score (nSPS) is 16.1. The third kappa shape index (κ3) is 5.00. The number of halogens is 1. The molecule has 0 unspecified atom stereocenters. The summed E-state index contributed by atoms with van der Waals surface area (Å²) in [6.45, 7) is 0.546. The van der Waals surface area contributed by atoms with E-state index in [0.29, 0.717) is 23.4 Å². The van der Waals surface area contributed by atoms with Gasteiger partial charge in [0.1, 0.15) is 11.2 Å². The molecule has 1 N–H and O–H groups in total. The predicted molar refractivity (Wildman–Crippen MR) is 120 cm³/mol. The van der Waals surface area contributed by atoms with Crippen molar-refractivity contribution in [1.29, 1.82) is 0 Å². The monoisotopic (exact) mass is 433 g/mol. The van der Waals surface area contributed by atoms with Crippen molar-refractivity contribution in [1.82, 2.24) is 10.3 Å². The van der Waals surface area contributed by atoms with Gasteiger partial charge in [0.15, 0.2) is 0 Å². The molecule has 2 amide bonds. The summed E-state index contributed by atoms with van der Waals surface area (Å²) in [6.07, 6.45) is 1.27. The zero-order valence-electron chi connectivity index (χ0n) is 16.6. The molecule has 1 saturated heterocycles. The second kappa shape index (κ2) is 9.57. The van der Waals surface area contributed by atoms with Crippen LogP contribution < -0.4 is 5.43 Å². The van der Waals surface area contributed by atoms with Gasteiger partial charge < -0.3 is 4.90 Å². The number of hydrogen-bond donors (Lipinski definition) is 1. The molecule has 1 aliphatic heterocycles. The molecule has 31 heavy (non-hydrogen) atoms. The maximum atomic E-state index is 13.6. The van der Waals surface area contributed by atoms with Gasteiger partial charge in [0.05, 0.1) is 12.0 Å². The Morgan fingerprint density at radius 3 is 2.52 bits per heavy atom. The number of thioether (sulfide) groups is 1. The van der Waals surface area contributed by atoms with Crippen molar-refractivity contribution in [3.63, 3.8) is 0 Å². The lowest BCUT2D eigenvalue weighted by Crippen LogP contribution is -2.27. The Morgan fingerprint density at radius 1 is 1.06 bits per heavy atom. The molecule has 1 heterocycles. The molecule has 7 heteroatoms. The maximum absolute atomic E-state index is 13.6. The minimum Gasteiger partial charge on any atom is -0.322 e. The van der Waals surface area contributed by atoms with Crippen LogP contribution in [-0.4, -0.2) is 28.7 Å². The maximum Gasteiger partial charge on any atom is 0.271 e. The first-order valence-corrected chi connectivity index (χ1v) is 10.8. The molecule has 1 aliphatic rings. The molecule has 0 radical (unpaired) electrons. The molecule has 1 fully saturated rings. The minimum atomic E-state index is -0.409. The lowest BCUT2D eigenvalue weighted by Gasteiger charge is -2.24. The Kier molecular flexibility index (Phi) is 6.43. The molecule has 5 nitrogen and oxygen atoms in total. The Labute approximate surface area is 184 Å². The predicted octanol–water partition coefficient (Wildman–Crippen LogP) is 4.36. The largest absolute Gasteiger partial charge is 0.322 e. The SMILES string of the molecule is O=C(N/N=C\c1ccccc1F)c1ccc([C@H]2SCC(=O)N2Cc2ccccc2)cc1. The van der Waals surface area contributed by atoms with Crippen LogP contribution in [0.2, 0.25) is 0 Å². The van der Waals surface area contributed by atoms with Crippen LogP contribution >= 0.6 is 11.8 Å². The zero-order chi connectivity index (χ0) is 21.6. The fraction of sp³-hybridized carbons (Fsp3) is 0.125. The van der Waals surface area contributed by atoms with E-state index < -0.39 is 11.7 Å². The van der Waals surface area contributed by atoms with Crippen LogP contribution in [0.5, 0.6) is 0 Å². The molecule has 0 bridgehead atoms. The Morgan fingerprint density at radius 2 is 1.77 bits per heavy atom. The number of hydrazone groups is 1. The van der Waals surface area contributed by atoms with Gasteiger partial charge in [-0.1, -0.05) is 60.7 Å². The number of nitrogens with zero attached hydrogens (tertiary/aromatic N) is 2. The number of benzene rings is 3. The first-order valence-electron chi connectivity index (χ1n) is 9.75. The highest BCUT2D eigenvalue weighted by molar-refractivity contribution is 8.00. The van der Waals surface area contributed by atoms with Gasteiger partial charge in [-0.3, -0.25) is 9.59 Å². The minimum absolute atomic E-state index is 0.0936. The van der Waals surface area contributed by atoms with E-state index in [1.54, 1.807) is 42.1 Å². The number of nitrogens with one attached hydrogen (secondary N) is 1. The van der Waals surface area contributed by atoms with E-state index in [-0.39, 0.29) is 11.3 Å². The van der Waals surface area contributed by atoms with E-state index in [1.807, 2.05) is 47.4 Å². The van der Waals surface area contributed by atoms with Gasteiger partial charge in [-0.05, 0) is 29.3 Å². The van der Waals surface area contributed by atoms with Gasteiger partial charge in [0.2, 0.25) is 5.91 Å². The first-order chi connectivity index (χ1) is 15.1. The topological polar surface area (TPSA) is 61.8 Å². The Bertz CT molecular complexity index is 1100. The lowest BCUT2D eigenvalue weighted by molar-refractivity contribution is -0.128. The molecule has 4 rings (SSSR count). The summed E-state index contributed by atoms with van der Waals surface area (Å²) in [5, 5.41) is 3.73. The zero-order valence-corrected chi connectivity index (χ0v) is 17.4. The number of carbonyl (C=O) groups is 2. The highest BCUT2D eigenvalue weighted by Crippen LogP contribution is 2.39. The second-order valence-electron chi connectivity index (χ2n) is 7.01.